The summed E-state index contributed by atoms with van der Waals surface area (Å²) in [5.74, 6) is 2.78. The standard InChI is InChI=1S/C19H26FNO3Si/c1-19(2,3)24-18(22)21-12-15(13-21)23-17-8-7-14(11-16(17)20)9-10-25(4,5)6/h7-8,11,15H,12-13H2,1-6H3. The maximum absolute atomic E-state index is 14.2. The van der Waals surface area contributed by atoms with Crippen molar-refractivity contribution in [2.75, 3.05) is 13.1 Å². The number of likely N-dealkylation sites (tertiary alicyclic amines) is 1. The molecule has 1 aliphatic heterocycles. The van der Waals surface area contributed by atoms with E-state index >= 15 is 0 Å². The maximum Gasteiger partial charge on any atom is 0.410 e. The smallest absolute Gasteiger partial charge is 0.410 e. The van der Waals surface area contributed by atoms with Crippen molar-refractivity contribution in [3.8, 4) is 17.2 Å². The molecule has 0 N–H and O–H groups in total. The first-order valence-corrected chi connectivity index (χ1v) is 11.9. The molecule has 1 aromatic rings. The van der Waals surface area contributed by atoms with Crippen LogP contribution in [0.3, 0.4) is 0 Å². The minimum Gasteiger partial charge on any atom is -0.484 e. The van der Waals surface area contributed by atoms with Crippen LogP contribution < -0.4 is 4.74 Å². The minimum absolute atomic E-state index is 0.187. The largest absolute Gasteiger partial charge is 0.484 e. The van der Waals surface area contributed by atoms with Crippen molar-refractivity contribution in [3.63, 3.8) is 0 Å². The first-order valence-electron chi connectivity index (χ1n) is 8.40. The molecule has 0 aromatic heterocycles. The molecule has 1 heterocycles. The van der Waals surface area contributed by atoms with Gasteiger partial charge in [-0.15, -0.1) is 5.54 Å². The highest BCUT2D eigenvalue weighted by Crippen LogP contribution is 2.23. The molecule has 0 radical (unpaired) electrons. The van der Waals surface area contributed by atoms with Gasteiger partial charge in [0.25, 0.3) is 0 Å². The number of carbonyl (C=O) groups is 1. The van der Waals surface area contributed by atoms with Gasteiger partial charge < -0.3 is 14.4 Å². The van der Waals surface area contributed by atoms with Gasteiger partial charge in [-0.05, 0) is 39.0 Å². The number of ether oxygens (including phenoxy) is 2. The second-order valence-electron chi connectivity index (χ2n) is 8.27. The van der Waals surface area contributed by atoms with E-state index in [2.05, 4.69) is 31.1 Å². The Kier molecular flexibility index (Phi) is 5.48. The molecule has 136 valence electrons. The van der Waals surface area contributed by atoms with E-state index in [-0.39, 0.29) is 17.9 Å². The SMILES string of the molecule is CC(C)(C)OC(=O)N1CC(Oc2ccc(C#C[Si](C)(C)C)cc2F)C1. The number of carbonyl (C=O) groups excluding carboxylic acids is 1. The Morgan fingerprint density at radius 1 is 1.28 bits per heavy atom. The number of nitrogens with zero attached hydrogens (tertiary/aromatic N) is 1. The van der Waals surface area contributed by atoms with Crippen LogP contribution in [0.4, 0.5) is 9.18 Å². The minimum atomic E-state index is -1.49. The lowest BCUT2D eigenvalue weighted by molar-refractivity contribution is -0.0229. The Labute approximate surface area is 150 Å². The van der Waals surface area contributed by atoms with Crippen LogP contribution in [0.2, 0.25) is 19.6 Å². The van der Waals surface area contributed by atoms with Gasteiger partial charge in [-0.25, -0.2) is 9.18 Å². The molecule has 0 bridgehead atoms. The Hall–Kier alpha value is -2.00. The monoisotopic (exact) mass is 363 g/mol. The molecule has 1 saturated heterocycles. The van der Waals surface area contributed by atoms with Crippen LogP contribution in [0.15, 0.2) is 18.2 Å². The van der Waals surface area contributed by atoms with Gasteiger partial charge in [-0.2, -0.15) is 0 Å². The molecule has 4 nitrogen and oxygen atoms in total. The summed E-state index contributed by atoms with van der Waals surface area (Å²) < 4.78 is 25.1. The molecule has 0 unspecified atom stereocenters. The molecule has 2 rings (SSSR count). The van der Waals surface area contributed by atoms with E-state index in [1.165, 1.54) is 6.07 Å². The van der Waals surface area contributed by atoms with Crippen molar-refractivity contribution in [3.05, 3.63) is 29.6 Å². The van der Waals surface area contributed by atoms with Crippen molar-refractivity contribution < 1.29 is 18.7 Å². The van der Waals surface area contributed by atoms with Crippen LogP contribution in [0.1, 0.15) is 26.3 Å². The van der Waals surface area contributed by atoms with E-state index in [0.717, 1.165) is 0 Å². The highest BCUT2D eigenvalue weighted by Gasteiger charge is 2.35. The summed E-state index contributed by atoms with van der Waals surface area (Å²) in [7, 11) is -1.49. The Morgan fingerprint density at radius 3 is 2.44 bits per heavy atom. The fourth-order valence-corrected chi connectivity index (χ4v) is 2.62. The molecular weight excluding hydrogens is 337 g/mol. The van der Waals surface area contributed by atoms with Gasteiger partial charge in [-0.1, -0.05) is 25.6 Å². The van der Waals surface area contributed by atoms with Crippen LogP contribution in [0.5, 0.6) is 5.75 Å². The van der Waals surface area contributed by atoms with Crippen molar-refractivity contribution >= 4 is 14.2 Å². The van der Waals surface area contributed by atoms with E-state index in [9.17, 15) is 9.18 Å². The van der Waals surface area contributed by atoms with Crippen molar-refractivity contribution in [2.24, 2.45) is 0 Å². The number of amides is 1. The molecule has 1 aliphatic rings. The topological polar surface area (TPSA) is 38.8 Å². The van der Waals surface area contributed by atoms with Crippen molar-refractivity contribution in [1.29, 1.82) is 0 Å². The van der Waals surface area contributed by atoms with E-state index in [1.807, 2.05) is 20.8 Å². The van der Waals surface area contributed by atoms with Gasteiger partial charge in [-0.3, -0.25) is 0 Å². The van der Waals surface area contributed by atoms with Crippen LogP contribution in [0, 0.1) is 17.3 Å². The first-order chi connectivity index (χ1) is 11.4. The van der Waals surface area contributed by atoms with Crippen molar-refractivity contribution in [1.82, 2.24) is 4.90 Å². The van der Waals surface area contributed by atoms with Gasteiger partial charge in [0.2, 0.25) is 0 Å². The summed E-state index contributed by atoms with van der Waals surface area (Å²) in [5, 5.41) is 0. The summed E-state index contributed by atoms with van der Waals surface area (Å²) in [6, 6.07) is 4.75. The summed E-state index contributed by atoms with van der Waals surface area (Å²) in [4.78, 5) is 13.4. The van der Waals surface area contributed by atoms with Crippen molar-refractivity contribution in [2.45, 2.75) is 52.1 Å². The van der Waals surface area contributed by atoms with Crippen LogP contribution in [-0.4, -0.2) is 43.9 Å². The lowest BCUT2D eigenvalue weighted by Crippen LogP contribution is -2.57. The molecule has 1 amide bonds. The molecule has 0 atom stereocenters. The summed E-state index contributed by atoms with van der Waals surface area (Å²) in [6.45, 7) is 12.7. The Balaban J connectivity index is 1.90. The Bertz CT molecular complexity index is 704. The summed E-state index contributed by atoms with van der Waals surface area (Å²) in [6.07, 6.45) is -0.592. The Morgan fingerprint density at radius 2 is 1.92 bits per heavy atom. The van der Waals surface area contributed by atoms with Crippen LogP contribution in [0.25, 0.3) is 0 Å². The molecule has 25 heavy (non-hydrogen) atoms. The fraction of sp³-hybridized carbons (Fsp3) is 0.526. The van der Waals surface area contributed by atoms with Gasteiger partial charge >= 0.3 is 6.09 Å². The average Bonchev–Trinajstić information content (AvgIpc) is 2.38. The van der Waals surface area contributed by atoms with E-state index < -0.39 is 19.5 Å². The quantitative estimate of drug-likeness (QED) is 0.588. The molecule has 6 heteroatoms. The van der Waals surface area contributed by atoms with E-state index in [4.69, 9.17) is 9.47 Å². The first kappa shape index (κ1) is 19.3. The second-order valence-corrected chi connectivity index (χ2v) is 13.0. The number of rotatable bonds is 2. The molecule has 1 aromatic carbocycles. The number of hydrogen-bond donors (Lipinski definition) is 0. The number of halogens is 1. The molecule has 0 spiro atoms. The van der Waals surface area contributed by atoms with E-state index in [1.54, 1.807) is 17.0 Å². The zero-order valence-corrected chi connectivity index (χ0v) is 16.8. The van der Waals surface area contributed by atoms with Crippen LogP contribution in [-0.2, 0) is 4.74 Å². The van der Waals surface area contributed by atoms with Crippen LogP contribution >= 0.6 is 0 Å². The predicted octanol–water partition coefficient (Wildman–Crippen LogP) is 4.05. The molecule has 0 saturated carbocycles. The third kappa shape index (κ3) is 6.09. The normalized spacial score (nSPS) is 15.1. The zero-order valence-electron chi connectivity index (χ0n) is 15.8. The number of benzene rings is 1. The number of hydrogen-bond acceptors (Lipinski definition) is 3. The predicted molar refractivity (Wildman–Crippen MR) is 98.8 cm³/mol. The summed E-state index contributed by atoms with van der Waals surface area (Å²) >= 11 is 0. The summed E-state index contributed by atoms with van der Waals surface area (Å²) in [5.41, 5.74) is 3.33. The molecular formula is C19H26FNO3Si. The highest BCUT2D eigenvalue weighted by atomic mass is 28.3. The molecule has 1 fully saturated rings. The van der Waals surface area contributed by atoms with Gasteiger partial charge in [0.05, 0.1) is 13.1 Å². The van der Waals surface area contributed by atoms with Gasteiger partial charge in [0.1, 0.15) is 19.8 Å². The molecule has 0 aliphatic carbocycles. The van der Waals surface area contributed by atoms with Gasteiger partial charge in [0, 0.05) is 5.56 Å². The third-order valence-corrected chi connectivity index (χ3v) is 4.18. The van der Waals surface area contributed by atoms with Gasteiger partial charge in [0.15, 0.2) is 11.6 Å². The maximum atomic E-state index is 14.2. The fourth-order valence-electron chi connectivity index (χ4n) is 2.10. The third-order valence-electron chi connectivity index (χ3n) is 3.31. The lowest BCUT2D eigenvalue weighted by Gasteiger charge is -2.39. The van der Waals surface area contributed by atoms with E-state index in [0.29, 0.717) is 18.7 Å². The highest BCUT2D eigenvalue weighted by molar-refractivity contribution is 6.83. The lowest BCUT2D eigenvalue weighted by atomic mass is 10.1. The average molecular weight is 364 g/mol. The zero-order chi connectivity index (χ0) is 18.8. The second kappa shape index (κ2) is 7.09.